The Bertz CT molecular complexity index is 905. The number of aromatic nitrogens is 2. The molecule has 2 heterocycles. The monoisotopic (exact) mass is 357 g/mol. The van der Waals surface area contributed by atoms with Gasteiger partial charge in [0.1, 0.15) is 17.1 Å². The molecule has 1 amide bonds. The predicted octanol–water partition coefficient (Wildman–Crippen LogP) is 4.59. The summed E-state index contributed by atoms with van der Waals surface area (Å²) in [5, 5.41) is 3.53. The van der Waals surface area contributed by atoms with Crippen LogP contribution in [0.5, 0.6) is 5.75 Å². The fraction of sp³-hybridized carbons (Fsp3) is 0.263. The van der Waals surface area contributed by atoms with Gasteiger partial charge in [0, 0.05) is 17.3 Å². The highest BCUT2D eigenvalue weighted by atomic mass is 35.5. The molecule has 0 aliphatic carbocycles. The van der Waals surface area contributed by atoms with E-state index in [0.717, 1.165) is 12.1 Å². The molecule has 1 N–H and O–H groups in total. The van der Waals surface area contributed by atoms with E-state index in [1.165, 1.54) is 0 Å². The van der Waals surface area contributed by atoms with Gasteiger partial charge in [-0.1, -0.05) is 37.6 Å². The summed E-state index contributed by atoms with van der Waals surface area (Å²) >= 11 is 6.03. The van der Waals surface area contributed by atoms with Crippen molar-refractivity contribution in [1.82, 2.24) is 9.38 Å². The maximum Gasteiger partial charge on any atom is 0.274 e. The Kier molecular flexibility index (Phi) is 5.24. The topological polar surface area (TPSA) is 55.6 Å². The highest BCUT2D eigenvalue weighted by Gasteiger charge is 2.19. The number of carbonyl (C=O) groups excluding carboxylic acids is 1. The van der Waals surface area contributed by atoms with Crippen LogP contribution in [-0.4, -0.2) is 21.9 Å². The molecule has 0 fully saturated rings. The van der Waals surface area contributed by atoms with Crippen LogP contribution in [0.15, 0.2) is 42.6 Å². The van der Waals surface area contributed by atoms with Crippen molar-refractivity contribution in [1.29, 1.82) is 0 Å². The normalized spacial score (nSPS) is 10.8. The number of carbonyl (C=O) groups is 1. The zero-order valence-electron chi connectivity index (χ0n) is 14.3. The predicted molar refractivity (Wildman–Crippen MR) is 99.8 cm³/mol. The number of imidazole rings is 1. The minimum atomic E-state index is -0.223. The third-order valence-corrected chi connectivity index (χ3v) is 4.04. The molecule has 5 nitrogen and oxygen atoms in total. The average molecular weight is 358 g/mol. The number of nitrogens with one attached hydrogen (secondary N) is 1. The van der Waals surface area contributed by atoms with E-state index in [4.69, 9.17) is 16.3 Å². The molecule has 2 aromatic heterocycles. The van der Waals surface area contributed by atoms with E-state index in [9.17, 15) is 4.79 Å². The van der Waals surface area contributed by atoms with Crippen LogP contribution in [0.2, 0.25) is 5.02 Å². The Morgan fingerprint density at radius 2 is 2.08 bits per heavy atom. The van der Waals surface area contributed by atoms with E-state index in [1.807, 2.05) is 38.1 Å². The van der Waals surface area contributed by atoms with Gasteiger partial charge < -0.3 is 10.1 Å². The van der Waals surface area contributed by atoms with Crippen LogP contribution >= 0.6 is 11.6 Å². The fourth-order valence-corrected chi connectivity index (χ4v) is 2.80. The lowest BCUT2D eigenvalue weighted by Gasteiger charge is -2.12. The number of para-hydroxylation sites is 2. The average Bonchev–Trinajstić information content (AvgIpc) is 2.98. The summed E-state index contributed by atoms with van der Waals surface area (Å²) in [5.41, 5.74) is 2.54. The molecule has 0 bridgehead atoms. The molecule has 3 aromatic rings. The van der Waals surface area contributed by atoms with Crippen LogP contribution in [0, 0.1) is 0 Å². The first-order valence-corrected chi connectivity index (χ1v) is 8.71. The van der Waals surface area contributed by atoms with Gasteiger partial charge >= 0.3 is 0 Å². The SMILES string of the molecule is CCCOc1ccccc1NC(=O)c1c(CC)nc2cc(Cl)ccn12. The zero-order chi connectivity index (χ0) is 17.8. The molecule has 6 heteroatoms. The largest absolute Gasteiger partial charge is 0.491 e. The summed E-state index contributed by atoms with van der Waals surface area (Å²) in [4.78, 5) is 17.4. The minimum Gasteiger partial charge on any atom is -0.491 e. The third kappa shape index (κ3) is 3.61. The van der Waals surface area contributed by atoms with Crippen molar-refractivity contribution in [2.24, 2.45) is 0 Å². The molecule has 0 saturated heterocycles. The summed E-state index contributed by atoms with van der Waals surface area (Å²) in [6.07, 6.45) is 3.31. The molecule has 0 saturated carbocycles. The van der Waals surface area contributed by atoms with Crippen LogP contribution in [0.1, 0.15) is 36.5 Å². The number of halogens is 1. The number of pyridine rings is 1. The molecule has 0 unspecified atom stereocenters. The molecule has 0 spiro atoms. The second kappa shape index (κ2) is 7.57. The molecule has 0 radical (unpaired) electrons. The van der Waals surface area contributed by atoms with Crippen LogP contribution in [0.25, 0.3) is 5.65 Å². The first kappa shape index (κ1) is 17.3. The number of ether oxygens (including phenoxy) is 1. The molecule has 1 aromatic carbocycles. The van der Waals surface area contributed by atoms with Gasteiger partial charge in [0.2, 0.25) is 0 Å². The lowest BCUT2D eigenvalue weighted by Crippen LogP contribution is -2.17. The van der Waals surface area contributed by atoms with Crippen molar-refractivity contribution in [2.75, 3.05) is 11.9 Å². The lowest BCUT2D eigenvalue weighted by atomic mass is 10.2. The van der Waals surface area contributed by atoms with Gasteiger partial charge in [-0.2, -0.15) is 0 Å². The number of benzene rings is 1. The number of anilines is 1. The van der Waals surface area contributed by atoms with Crippen LogP contribution in [0.4, 0.5) is 5.69 Å². The number of aryl methyl sites for hydroxylation is 1. The summed E-state index contributed by atoms with van der Waals surface area (Å²) in [7, 11) is 0. The summed E-state index contributed by atoms with van der Waals surface area (Å²) in [6.45, 7) is 4.61. The molecule has 3 rings (SSSR count). The van der Waals surface area contributed by atoms with Gasteiger partial charge in [0.05, 0.1) is 18.0 Å². The van der Waals surface area contributed by atoms with E-state index < -0.39 is 0 Å². The zero-order valence-corrected chi connectivity index (χ0v) is 15.0. The van der Waals surface area contributed by atoms with E-state index in [0.29, 0.717) is 40.8 Å². The van der Waals surface area contributed by atoms with E-state index in [1.54, 1.807) is 22.7 Å². The van der Waals surface area contributed by atoms with Gasteiger partial charge in [0.15, 0.2) is 0 Å². The summed E-state index contributed by atoms with van der Waals surface area (Å²) in [6, 6.07) is 10.9. The molecule has 0 aliphatic rings. The van der Waals surface area contributed by atoms with E-state index >= 15 is 0 Å². The van der Waals surface area contributed by atoms with Gasteiger partial charge in [-0.25, -0.2) is 4.98 Å². The third-order valence-electron chi connectivity index (χ3n) is 3.81. The van der Waals surface area contributed by atoms with Crippen molar-refractivity contribution >= 4 is 28.8 Å². The molecule has 0 aliphatic heterocycles. The quantitative estimate of drug-likeness (QED) is 0.701. The van der Waals surface area contributed by atoms with Crippen molar-refractivity contribution in [2.45, 2.75) is 26.7 Å². The highest BCUT2D eigenvalue weighted by molar-refractivity contribution is 6.30. The lowest BCUT2D eigenvalue weighted by molar-refractivity contribution is 0.102. The minimum absolute atomic E-state index is 0.223. The standard InChI is InChI=1S/C19H20ClN3O2/c1-3-11-25-16-8-6-5-7-15(16)22-19(24)18-14(4-2)21-17-12-13(20)9-10-23(17)18/h5-10,12H,3-4,11H2,1-2H3,(H,22,24). The van der Waals surface area contributed by atoms with E-state index in [-0.39, 0.29) is 5.91 Å². The Labute approximate surface area is 151 Å². The first-order valence-electron chi connectivity index (χ1n) is 8.33. The van der Waals surface area contributed by atoms with Crippen LogP contribution in [0.3, 0.4) is 0 Å². The number of hydrogen-bond acceptors (Lipinski definition) is 3. The van der Waals surface area contributed by atoms with Gasteiger partial charge in [-0.15, -0.1) is 0 Å². The Morgan fingerprint density at radius 1 is 1.28 bits per heavy atom. The molecule has 0 atom stereocenters. The van der Waals surface area contributed by atoms with Crippen molar-refractivity contribution < 1.29 is 9.53 Å². The fourth-order valence-electron chi connectivity index (χ4n) is 2.64. The molecular formula is C19H20ClN3O2. The first-order chi connectivity index (χ1) is 12.1. The maximum absolute atomic E-state index is 12.9. The van der Waals surface area contributed by atoms with Gasteiger partial charge in [-0.3, -0.25) is 9.20 Å². The van der Waals surface area contributed by atoms with E-state index in [2.05, 4.69) is 10.3 Å². The second-order valence-electron chi connectivity index (χ2n) is 5.63. The van der Waals surface area contributed by atoms with Gasteiger partial charge in [-0.05, 0) is 31.0 Å². The Balaban J connectivity index is 1.96. The van der Waals surface area contributed by atoms with Crippen molar-refractivity contribution in [3.05, 3.63) is 59.0 Å². The van der Waals surface area contributed by atoms with Gasteiger partial charge in [0.25, 0.3) is 5.91 Å². The smallest absolute Gasteiger partial charge is 0.274 e. The maximum atomic E-state index is 12.9. The number of fused-ring (bicyclic) bond motifs is 1. The Hall–Kier alpha value is -2.53. The molecule has 130 valence electrons. The van der Waals surface area contributed by atoms with Crippen LogP contribution < -0.4 is 10.1 Å². The number of hydrogen-bond donors (Lipinski definition) is 1. The highest BCUT2D eigenvalue weighted by Crippen LogP contribution is 2.25. The van der Waals surface area contributed by atoms with Crippen molar-refractivity contribution in [3.63, 3.8) is 0 Å². The summed E-state index contributed by atoms with van der Waals surface area (Å²) in [5.74, 6) is 0.437. The number of amides is 1. The molecular weight excluding hydrogens is 338 g/mol. The Morgan fingerprint density at radius 3 is 2.84 bits per heavy atom. The van der Waals surface area contributed by atoms with Crippen LogP contribution in [-0.2, 0) is 6.42 Å². The number of nitrogens with zero attached hydrogens (tertiary/aromatic N) is 2. The summed E-state index contributed by atoms with van der Waals surface area (Å²) < 4.78 is 7.47. The second-order valence-corrected chi connectivity index (χ2v) is 6.07. The van der Waals surface area contributed by atoms with Crippen molar-refractivity contribution in [3.8, 4) is 5.75 Å². The number of rotatable bonds is 6. The molecule has 25 heavy (non-hydrogen) atoms.